The molecule has 1 aromatic rings. The molecule has 3 fully saturated rings. The minimum atomic E-state index is -0.931. The number of likely N-dealkylation sites (N-methyl/N-ethyl adjacent to an activating group) is 1. The van der Waals surface area contributed by atoms with E-state index in [-0.39, 0.29) is 41.6 Å². The molecule has 27 heavy (non-hydrogen) atoms. The average molecular weight is 483 g/mol. The van der Waals surface area contributed by atoms with Crippen LogP contribution in [0.1, 0.15) is 43.2 Å². The van der Waals surface area contributed by atoms with Crippen molar-refractivity contribution in [3.8, 4) is 11.5 Å². The van der Waals surface area contributed by atoms with E-state index in [4.69, 9.17) is 4.74 Å². The summed E-state index contributed by atoms with van der Waals surface area (Å²) < 4.78 is 6.98. The predicted molar refractivity (Wildman–Crippen MR) is 94.1 cm³/mol. The van der Waals surface area contributed by atoms with Crippen LogP contribution in [0, 0.1) is 5.92 Å². The number of rotatable bonds is 2. The van der Waals surface area contributed by atoms with Gasteiger partial charge in [-0.3, -0.25) is 4.79 Å². The second kappa shape index (κ2) is 5.39. The topological polar surface area (TPSA) is 66.8 Å². The largest absolute Gasteiger partial charge is 1.00 e. The van der Waals surface area contributed by atoms with Crippen LogP contribution in [0.15, 0.2) is 12.1 Å². The van der Waals surface area contributed by atoms with Crippen molar-refractivity contribution < 1.29 is 48.2 Å². The van der Waals surface area contributed by atoms with E-state index in [0.29, 0.717) is 18.6 Å². The molecule has 0 radical (unpaired) electrons. The number of ketones is 1. The number of phenolic OH excluding ortho intramolecular Hbond substituents is 1. The summed E-state index contributed by atoms with van der Waals surface area (Å²) in [4.78, 5) is 12.8. The van der Waals surface area contributed by atoms with Crippen molar-refractivity contribution in [3.63, 3.8) is 0 Å². The number of Topliss-reactive ketones (excluding diaryl/α,β-unsaturated/α-hetero) is 1. The van der Waals surface area contributed by atoms with Gasteiger partial charge in [0, 0.05) is 30.7 Å². The summed E-state index contributed by atoms with van der Waals surface area (Å²) in [6.07, 6.45) is 4.42. The lowest BCUT2D eigenvalue weighted by molar-refractivity contribution is -0.950. The van der Waals surface area contributed by atoms with Crippen molar-refractivity contribution in [2.45, 2.75) is 61.7 Å². The number of halogens is 1. The fraction of sp³-hybridized carbons (Fsp3) is 0.667. The minimum Gasteiger partial charge on any atom is -1.00 e. The monoisotopic (exact) mass is 483 g/mol. The maximum atomic E-state index is 12.8. The molecule has 6 rings (SSSR count). The van der Waals surface area contributed by atoms with Crippen molar-refractivity contribution in [1.82, 2.24) is 0 Å². The van der Waals surface area contributed by atoms with Gasteiger partial charge < -0.3 is 43.4 Å². The number of quaternary nitrogens is 1. The summed E-state index contributed by atoms with van der Waals surface area (Å²) in [6.45, 7) is 2.09. The molecule has 5 nitrogen and oxygen atoms in total. The Morgan fingerprint density at radius 2 is 2.07 bits per heavy atom. The molecule has 2 saturated carbocycles. The van der Waals surface area contributed by atoms with E-state index in [2.05, 4.69) is 7.05 Å². The number of likely N-dealkylation sites (tertiary alicyclic amines) is 1. The van der Waals surface area contributed by atoms with Crippen LogP contribution in [0.3, 0.4) is 0 Å². The van der Waals surface area contributed by atoms with Crippen LogP contribution in [-0.2, 0) is 16.6 Å². The first-order valence-electron chi connectivity index (χ1n) is 10.0. The molecule has 2 unspecified atom stereocenters. The standard InChI is InChI=1S/C21H25NO4.HI/c1-22(11-12-2-3-12)9-8-20-17-13-4-5-14(23)18(17)26-19(20)15(24)6-7-21(20,25)16(22)10-13;/h4-5,12,16,19,25H,2-3,6-11H2,1H3;1H/t16-,19+,20+,21?,22?;/m1./s1. The van der Waals surface area contributed by atoms with Gasteiger partial charge >= 0.3 is 0 Å². The summed E-state index contributed by atoms with van der Waals surface area (Å²) >= 11 is 0. The normalized spacial score (nSPS) is 43.6. The fourth-order valence-electron chi connectivity index (χ4n) is 6.94. The molecule has 0 amide bonds. The quantitative estimate of drug-likeness (QED) is 0.405. The molecule has 2 heterocycles. The van der Waals surface area contributed by atoms with Gasteiger partial charge in [-0.2, -0.15) is 0 Å². The van der Waals surface area contributed by atoms with E-state index in [1.807, 2.05) is 6.07 Å². The third kappa shape index (κ3) is 2.00. The summed E-state index contributed by atoms with van der Waals surface area (Å²) in [5, 5.41) is 22.5. The second-order valence-electron chi connectivity index (χ2n) is 9.61. The summed E-state index contributed by atoms with van der Waals surface area (Å²) in [5.41, 5.74) is 0.492. The summed E-state index contributed by atoms with van der Waals surface area (Å²) in [7, 11) is 2.31. The first-order valence-corrected chi connectivity index (χ1v) is 10.0. The van der Waals surface area contributed by atoms with Crippen LogP contribution in [0.4, 0.5) is 0 Å². The molecule has 5 atom stereocenters. The highest BCUT2D eigenvalue weighted by Gasteiger charge is 2.76. The van der Waals surface area contributed by atoms with Crippen molar-refractivity contribution in [2.24, 2.45) is 5.92 Å². The van der Waals surface area contributed by atoms with Gasteiger partial charge in [-0.25, -0.2) is 0 Å². The number of hydrogen-bond donors (Lipinski definition) is 2. The molecular formula is C21H26INO4. The van der Waals surface area contributed by atoms with Gasteiger partial charge in [0.15, 0.2) is 23.4 Å². The lowest BCUT2D eigenvalue weighted by Crippen LogP contribution is -3.00. The number of ether oxygens (including phenoxy) is 1. The smallest absolute Gasteiger partial charge is 0.174 e. The second-order valence-corrected chi connectivity index (χ2v) is 9.61. The minimum absolute atomic E-state index is 0. The Bertz CT molecular complexity index is 855. The molecule has 6 heteroatoms. The van der Waals surface area contributed by atoms with Gasteiger partial charge in [-0.1, -0.05) is 6.07 Å². The Labute approximate surface area is 176 Å². The van der Waals surface area contributed by atoms with Crippen LogP contribution in [-0.4, -0.2) is 58.4 Å². The van der Waals surface area contributed by atoms with Gasteiger partial charge in [0.25, 0.3) is 0 Å². The maximum Gasteiger partial charge on any atom is 0.174 e. The van der Waals surface area contributed by atoms with Crippen LogP contribution >= 0.6 is 0 Å². The Kier molecular flexibility index (Phi) is 3.63. The third-order valence-electron chi connectivity index (χ3n) is 8.28. The number of aliphatic hydroxyl groups is 1. The summed E-state index contributed by atoms with van der Waals surface area (Å²) in [5.74, 6) is 1.42. The number of phenols is 1. The van der Waals surface area contributed by atoms with Crippen LogP contribution < -0.4 is 28.7 Å². The highest BCUT2D eigenvalue weighted by Crippen LogP contribution is 2.65. The number of aromatic hydroxyl groups is 1. The molecule has 2 N–H and O–H groups in total. The summed E-state index contributed by atoms with van der Waals surface area (Å²) in [6, 6.07) is 3.77. The van der Waals surface area contributed by atoms with Crippen molar-refractivity contribution >= 4 is 5.78 Å². The van der Waals surface area contributed by atoms with E-state index in [0.717, 1.165) is 47.5 Å². The first-order chi connectivity index (χ1) is 12.4. The van der Waals surface area contributed by atoms with Crippen LogP contribution in [0.25, 0.3) is 0 Å². The lowest BCUT2D eigenvalue weighted by Gasteiger charge is -2.64. The van der Waals surface area contributed by atoms with Gasteiger partial charge in [0.05, 0.1) is 25.6 Å². The third-order valence-corrected chi connectivity index (χ3v) is 8.28. The Morgan fingerprint density at radius 1 is 1.30 bits per heavy atom. The van der Waals surface area contributed by atoms with E-state index < -0.39 is 17.1 Å². The van der Waals surface area contributed by atoms with Gasteiger partial charge in [-0.05, 0) is 30.9 Å². The van der Waals surface area contributed by atoms with E-state index >= 15 is 0 Å². The van der Waals surface area contributed by atoms with Crippen LogP contribution in [0.5, 0.6) is 11.5 Å². The lowest BCUT2D eigenvalue weighted by atomic mass is 9.48. The number of carbonyl (C=O) groups is 1. The molecule has 5 aliphatic rings. The Hall–Kier alpha value is -0.860. The number of nitrogens with zero attached hydrogens (tertiary/aromatic N) is 1. The van der Waals surface area contributed by atoms with Crippen molar-refractivity contribution in [1.29, 1.82) is 0 Å². The van der Waals surface area contributed by atoms with E-state index in [9.17, 15) is 15.0 Å². The first kappa shape index (κ1) is 18.2. The van der Waals surface area contributed by atoms with E-state index in [1.165, 1.54) is 12.8 Å². The predicted octanol–water partition coefficient (Wildman–Crippen LogP) is -1.33. The van der Waals surface area contributed by atoms with Gasteiger partial charge in [-0.15, -0.1) is 0 Å². The average Bonchev–Trinajstić information content (AvgIpc) is 3.32. The zero-order valence-corrected chi connectivity index (χ0v) is 17.7. The zero-order chi connectivity index (χ0) is 17.9. The van der Waals surface area contributed by atoms with Crippen LogP contribution in [0.2, 0.25) is 0 Å². The molecule has 2 aliphatic heterocycles. The fourth-order valence-corrected chi connectivity index (χ4v) is 6.94. The molecule has 0 aromatic heterocycles. The molecule has 1 aromatic carbocycles. The molecule has 1 saturated heterocycles. The highest BCUT2D eigenvalue weighted by molar-refractivity contribution is 5.90. The molecule has 146 valence electrons. The van der Waals surface area contributed by atoms with E-state index in [1.54, 1.807) is 6.07 Å². The van der Waals surface area contributed by atoms with Gasteiger partial charge in [0.2, 0.25) is 0 Å². The number of hydrogen-bond acceptors (Lipinski definition) is 4. The number of benzene rings is 1. The SMILES string of the molecule is C[N+]1(CC2CC2)CC[C@]23c4c5ccc(O)c4O[C@H]2C(=O)CCC3(O)[C@H]1C5.[I-]. The van der Waals surface area contributed by atoms with Crippen molar-refractivity contribution in [2.75, 3.05) is 20.1 Å². The molecule has 1 spiro atoms. The number of piperidine rings is 1. The molecule has 3 aliphatic carbocycles. The van der Waals surface area contributed by atoms with Gasteiger partial charge in [0.1, 0.15) is 11.6 Å². The maximum absolute atomic E-state index is 12.8. The number of carbonyl (C=O) groups excluding carboxylic acids is 1. The molecule has 2 bridgehead atoms. The Balaban J connectivity index is 0.00000160. The zero-order valence-electron chi connectivity index (χ0n) is 15.6. The van der Waals surface area contributed by atoms with Crippen molar-refractivity contribution in [3.05, 3.63) is 23.3 Å². The molecular weight excluding hydrogens is 457 g/mol. The highest BCUT2D eigenvalue weighted by atomic mass is 127. The Morgan fingerprint density at radius 3 is 2.81 bits per heavy atom.